The average molecular weight is 299 g/mol. The van der Waals surface area contributed by atoms with Crippen LogP contribution in [0.3, 0.4) is 0 Å². The molecule has 0 aliphatic heterocycles. The number of carboxylic acids is 1. The fraction of sp³-hybridized carbons (Fsp3) is 0.571. The van der Waals surface area contributed by atoms with Gasteiger partial charge in [-0.1, -0.05) is 11.6 Å². The second-order valence-corrected chi connectivity index (χ2v) is 6.08. The quantitative estimate of drug-likeness (QED) is 0.841. The molecular formula is C14H16ClFN2O2. The summed E-state index contributed by atoms with van der Waals surface area (Å²) in [5.41, 5.74) is 0.244. The van der Waals surface area contributed by atoms with Crippen molar-refractivity contribution in [3.8, 4) is 0 Å². The summed E-state index contributed by atoms with van der Waals surface area (Å²) in [4.78, 5) is 15.2. The minimum atomic E-state index is -0.794. The summed E-state index contributed by atoms with van der Waals surface area (Å²) in [7, 11) is 0. The summed E-state index contributed by atoms with van der Waals surface area (Å²) >= 11 is 5.78. The van der Waals surface area contributed by atoms with Crippen molar-refractivity contribution in [1.29, 1.82) is 0 Å². The van der Waals surface area contributed by atoms with Crippen molar-refractivity contribution in [3.63, 3.8) is 0 Å². The third-order valence-electron chi connectivity index (χ3n) is 4.65. The third kappa shape index (κ3) is 2.35. The predicted octanol–water partition coefficient (Wildman–Crippen LogP) is 3.18. The minimum absolute atomic E-state index is 0.190. The highest BCUT2D eigenvalue weighted by atomic mass is 35.5. The van der Waals surface area contributed by atoms with E-state index in [1.54, 1.807) is 0 Å². The topological polar surface area (TPSA) is 62.2 Å². The summed E-state index contributed by atoms with van der Waals surface area (Å²) in [6, 6.07) is 1.19. The fourth-order valence-corrected chi connectivity index (χ4v) is 3.87. The van der Waals surface area contributed by atoms with Gasteiger partial charge < -0.3 is 10.4 Å². The normalized spacial score (nSPS) is 32.1. The second-order valence-electron chi connectivity index (χ2n) is 5.70. The number of rotatable bonds is 3. The van der Waals surface area contributed by atoms with E-state index in [-0.39, 0.29) is 28.7 Å². The molecule has 0 amide bonds. The SMILES string of the molecule is O=C(O)C1C2CCC(CC2)C1Nc1cc(Cl)ncc1F. The summed E-state index contributed by atoms with van der Waals surface area (Å²) in [6.07, 6.45) is 4.99. The van der Waals surface area contributed by atoms with Crippen LogP contribution < -0.4 is 5.32 Å². The Balaban J connectivity index is 1.87. The highest BCUT2D eigenvalue weighted by molar-refractivity contribution is 6.29. The summed E-state index contributed by atoms with van der Waals surface area (Å²) in [6.45, 7) is 0. The molecule has 20 heavy (non-hydrogen) atoms. The lowest BCUT2D eigenvalue weighted by molar-refractivity contribution is -0.148. The van der Waals surface area contributed by atoms with Crippen LogP contribution >= 0.6 is 11.6 Å². The number of hydrogen-bond acceptors (Lipinski definition) is 3. The van der Waals surface area contributed by atoms with Crippen LogP contribution in [0.25, 0.3) is 0 Å². The van der Waals surface area contributed by atoms with Gasteiger partial charge in [-0.2, -0.15) is 0 Å². The van der Waals surface area contributed by atoms with Crippen molar-refractivity contribution >= 4 is 23.3 Å². The summed E-state index contributed by atoms with van der Waals surface area (Å²) < 4.78 is 13.8. The molecule has 6 heteroatoms. The smallest absolute Gasteiger partial charge is 0.308 e. The molecule has 108 valence electrons. The summed E-state index contributed by atoms with van der Waals surface area (Å²) in [5.74, 6) is -1.27. The van der Waals surface area contributed by atoms with Crippen LogP contribution in [0, 0.1) is 23.6 Å². The van der Waals surface area contributed by atoms with E-state index in [4.69, 9.17) is 11.6 Å². The van der Waals surface area contributed by atoms with Crippen molar-refractivity contribution in [2.75, 3.05) is 5.32 Å². The number of aliphatic carboxylic acids is 1. The van der Waals surface area contributed by atoms with Crippen molar-refractivity contribution in [2.45, 2.75) is 31.7 Å². The largest absolute Gasteiger partial charge is 0.481 e. The van der Waals surface area contributed by atoms with Gasteiger partial charge in [-0.3, -0.25) is 4.79 Å². The average Bonchev–Trinajstić information content (AvgIpc) is 2.43. The zero-order valence-corrected chi connectivity index (χ0v) is 11.6. The van der Waals surface area contributed by atoms with E-state index in [1.807, 2.05) is 0 Å². The van der Waals surface area contributed by atoms with Gasteiger partial charge >= 0.3 is 5.97 Å². The number of carboxylic acid groups (broad SMARTS) is 1. The van der Waals surface area contributed by atoms with Crippen LogP contribution in [0.15, 0.2) is 12.3 Å². The molecule has 3 aliphatic carbocycles. The molecule has 0 saturated heterocycles. The van der Waals surface area contributed by atoms with E-state index in [0.29, 0.717) is 0 Å². The van der Waals surface area contributed by atoms with Gasteiger partial charge in [0, 0.05) is 12.1 Å². The fourth-order valence-electron chi connectivity index (χ4n) is 3.72. The molecule has 4 rings (SSSR count). The van der Waals surface area contributed by atoms with Crippen LogP contribution in [0.5, 0.6) is 0 Å². The lowest BCUT2D eigenvalue weighted by Crippen LogP contribution is -2.51. The molecule has 0 spiro atoms. The molecule has 0 radical (unpaired) electrons. The molecular weight excluding hydrogens is 283 g/mol. The van der Waals surface area contributed by atoms with E-state index in [1.165, 1.54) is 6.07 Å². The first kappa shape index (κ1) is 13.6. The number of nitrogens with zero attached hydrogens (tertiary/aromatic N) is 1. The second kappa shape index (κ2) is 5.20. The van der Waals surface area contributed by atoms with Gasteiger partial charge in [0.1, 0.15) is 5.15 Å². The van der Waals surface area contributed by atoms with Gasteiger partial charge in [0.05, 0.1) is 17.8 Å². The molecule has 3 fully saturated rings. The van der Waals surface area contributed by atoms with Crippen molar-refractivity contribution in [2.24, 2.45) is 17.8 Å². The molecule has 4 nitrogen and oxygen atoms in total. The number of halogens is 2. The lowest BCUT2D eigenvalue weighted by Gasteiger charge is -2.47. The minimum Gasteiger partial charge on any atom is -0.481 e. The Labute approximate surface area is 121 Å². The molecule has 2 bridgehead atoms. The van der Waals surface area contributed by atoms with E-state index < -0.39 is 17.7 Å². The Morgan fingerprint density at radius 3 is 2.65 bits per heavy atom. The first-order chi connectivity index (χ1) is 9.56. The highest BCUT2D eigenvalue weighted by Crippen LogP contribution is 2.46. The van der Waals surface area contributed by atoms with Gasteiger partial charge in [0.2, 0.25) is 0 Å². The lowest BCUT2D eigenvalue weighted by atomic mass is 9.61. The van der Waals surface area contributed by atoms with Gasteiger partial charge in [0.15, 0.2) is 5.82 Å². The van der Waals surface area contributed by atoms with Crippen molar-refractivity contribution in [1.82, 2.24) is 4.98 Å². The Morgan fingerprint density at radius 1 is 1.35 bits per heavy atom. The van der Waals surface area contributed by atoms with Crippen molar-refractivity contribution in [3.05, 3.63) is 23.2 Å². The zero-order valence-electron chi connectivity index (χ0n) is 10.9. The van der Waals surface area contributed by atoms with Gasteiger partial charge in [0.25, 0.3) is 0 Å². The van der Waals surface area contributed by atoms with Crippen LogP contribution in [-0.2, 0) is 4.79 Å². The Hall–Kier alpha value is -1.36. The molecule has 2 atom stereocenters. The van der Waals surface area contributed by atoms with E-state index >= 15 is 0 Å². The number of pyridine rings is 1. The first-order valence-corrected chi connectivity index (χ1v) is 7.24. The van der Waals surface area contributed by atoms with Gasteiger partial charge in [-0.15, -0.1) is 0 Å². The standard InChI is InChI=1S/C14H16ClFN2O2/c15-11-5-10(9(16)6-17-11)18-13-8-3-1-7(2-4-8)12(13)14(19)20/h5-8,12-13H,1-4H2,(H,17,18)(H,19,20). The molecule has 2 N–H and O–H groups in total. The number of fused-ring (bicyclic) bond motifs is 3. The third-order valence-corrected chi connectivity index (χ3v) is 4.86. The Morgan fingerprint density at radius 2 is 2.00 bits per heavy atom. The van der Waals surface area contributed by atoms with E-state index in [9.17, 15) is 14.3 Å². The highest BCUT2D eigenvalue weighted by Gasteiger charge is 2.47. The molecule has 3 saturated carbocycles. The van der Waals surface area contributed by atoms with Crippen LogP contribution in [0.2, 0.25) is 5.15 Å². The molecule has 1 aromatic heterocycles. The molecule has 1 heterocycles. The molecule has 1 aromatic rings. The van der Waals surface area contributed by atoms with Gasteiger partial charge in [-0.05, 0) is 37.5 Å². The number of nitrogens with one attached hydrogen (secondary N) is 1. The van der Waals surface area contributed by atoms with Crippen LogP contribution in [0.4, 0.5) is 10.1 Å². The maximum Gasteiger partial charge on any atom is 0.308 e. The first-order valence-electron chi connectivity index (χ1n) is 6.86. The predicted molar refractivity (Wildman–Crippen MR) is 73.2 cm³/mol. The van der Waals surface area contributed by atoms with Crippen LogP contribution in [-0.4, -0.2) is 22.1 Å². The molecule has 0 aromatic carbocycles. The van der Waals surface area contributed by atoms with Gasteiger partial charge in [-0.25, -0.2) is 9.37 Å². The number of aromatic nitrogens is 1. The summed E-state index contributed by atoms with van der Waals surface area (Å²) in [5, 5.41) is 12.7. The maximum absolute atomic E-state index is 13.8. The van der Waals surface area contributed by atoms with E-state index in [2.05, 4.69) is 10.3 Å². The van der Waals surface area contributed by atoms with Crippen molar-refractivity contribution < 1.29 is 14.3 Å². The monoisotopic (exact) mass is 298 g/mol. The molecule has 2 unspecified atom stereocenters. The maximum atomic E-state index is 13.8. The molecule has 3 aliphatic rings. The Bertz CT molecular complexity index is 532. The van der Waals surface area contributed by atoms with E-state index in [0.717, 1.165) is 31.9 Å². The number of hydrogen-bond donors (Lipinski definition) is 2. The number of anilines is 1. The van der Waals surface area contributed by atoms with Crippen LogP contribution in [0.1, 0.15) is 25.7 Å². The Kier molecular flexibility index (Phi) is 3.54. The zero-order chi connectivity index (χ0) is 14.3. The number of carbonyl (C=O) groups is 1.